The minimum absolute atomic E-state index is 0.166. The number of rotatable bonds is 2. The monoisotopic (exact) mass is 273 g/mol. The number of piperidine rings is 1. The molecule has 1 aliphatic carbocycles. The van der Waals surface area contributed by atoms with Gasteiger partial charge in [-0.3, -0.25) is 19.7 Å². The number of nitrogens with one attached hydrogen (secondary N) is 1. The number of ketones is 1. The number of imide groups is 1. The van der Waals surface area contributed by atoms with Gasteiger partial charge in [0.25, 0.3) is 5.91 Å². The highest BCUT2D eigenvalue weighted by atomic mass is 16.5. The fourth-order valence-electron chi connectivity index (χ4n) is 2.65. The van der Waals surface area contributed by atoms with Crippen molar-refractivity contribution in [1.29, 1.82) is 0 Å². The van der Waals surface area contributed by atoms with Crippen molar-refractivity contribution in [3.63, 3.8) is 0 Å². The molecule has 0 saturated carbocycles. The largest absolute Gasteiger partial charge is 0.481 e. The van der Waals surface area contributed by atoms with Crippen molar-refractivity contribution in [3.05, 3.63) is 29.3 Å². The lowest BCUT2D eigenvalue weighted by Gasteiger charge is -2.23. The SMILES string of the molecule is O=C1CCC(Oc2ccc3c(c2)CCCC3=O)C(=O)N1. The van der Waals surface area contributed by atoms with Gasteiger partial charge in [-0.1, -0.05) is 0 Å². The Kier molecular flexibility index (Phi) is 3.26. The quantitative estimate of drug-likeness (QED) is 0.826. The zero-order chi connectivity index (χ0) is 14.1. The van der Waals surface area contributed by atoms with Crippen molar-refractivity contribution < 1.29 is 19.1 Å². The van der Waals surface area contributed by atoms with E-state index in [0.717, 1.165) is 24.0 Å². The first kappa shape index (κ1) is 12.8. The van der Waals surface area contributed by atoms with E-state index in [0.29, 0.717) is 25.0 Å². The number of hydrogen-bond acceptors (Lipinski definition) is 4. The van der Waals surface area contributed by atoms with Crippen LogP contribution in [0, 0.1) is 0 Å². The Hall–Kier alpha value is -2.17. The molecule has 104 valence electrons. The number of benzene rings is 1. The molecule has 0 spiro atoms. The van der Waals surface area contributed by atoms with Gasteiger partial charge in [-0.25, -0.2) is 0 Å². The van der Waals surface area contributed by atoms with Crippen LogP contribution in [0.25, 0.3) is 0 Å². The van der Waals surface area contributed by atoms with Crippen molar-refractivity contribution in [1.82, 2.24) is 5.32 Å². The second-order valence-electron chi connectivity index (χ2n) is 5.15. The fraction of sp³-hybridized carbons (Fsp3) is 0.400. The second-order valence-corrected chi connectivity index (χ2v) is 5.15. The van der Waals surface area contributed by atoms with Crippen LogP contribution in [0.15, 0.2) is 18.2 Å². The number of hydrogen-bond donors (Lipinski definition) is 1. The maximum atomic E-state index is 11.7. The van der Waals surface area contributed by atoms with Crippen molar-refractivity contribution in [2.45, 2.75) is 38.2 Å². The summed E-state index contributed by atoms with van der Waals surface area (Å²) in [6.07, 6.45) is 2.35. The van der Waals surface area contributed by atoms with Gasteiger partial charge in [0.15, 0.2) is 11.9 Å². The molecule has 0 bridgehead atoms. The average molecular weight is 273 g/mol. The molecule has 2 aliphatic rings. The van der Waals surface area contributed by atoms with Crippen molar-refractivity contribution in [2.24, 2.45) is 0 Å². The van der Waals surface area contributed by atoms with E-state index in [1.165, 1.54) is 0 Å². The Bertz CT molecular complexity index is 594. The molecule has 1 aliphatic heterocycles. The van der Waals surface area contributed by atoms with E-state index >= 15 is 0 Å². The second kappa shape index (κ2) is 5.07. The highest BCUT2D eigenvalue weighted by molar-refractivity contribution is 6.00. The van der Waals surface area contributed by atoms with E-state index in [1.807, 2.05) is 6.07 Å². The number of Topliss-reactive ketones (excluding diaryl/α,β-unsaturated/α-hetero) is 1. The Labute approximate surface area is 116 Å². The normalized spacial score (nSPS) is 22.2. The van der Waals surface area contributed by atoms with Crippen LogP contribution in [0.2, 0.25) is 0 Å². The molecule has 0 radical (unpaired) electrons. The summed E-state index contributed by atoms with van der Waals surface area (Å²) < 4.78 is 5.64. The molecule has 1 heterocycles. The summed E-state index contributed by atoms with van der Waals surface area (Å²) in [5.41, 5.74) is 1.73. The predicted octanol–water partition coefficient (Wildman–Crippen LogP) is 1.39. The average Bonchev–Trinajstić information content (AvgIpc) is 2.42. The van der Waals surface area contributed by atoms with Crippen molar-refractivity contribution >= 4 is 17.6 Å². The smallest absolute Gasteiger partial charge is 0.267 e. The zero-order valence-electron chi connectivity index (χ0n) is 11.0. The van der Waals surface area contributed by atoms with Gasteiger partial charge in [-0.05, 0) is 36.6 Å². The van der Waals surface area contributed by atoms with Gasteiger partial charge < -0.3 is 4.74 Å². The molecular formula is C15H15NO4. The van der Waals surface area contributed by atoms with Crippen LogP contribution in [-0.4, -0.2) is 23.7 Å². The molecule has 20 heavy (non-hydrogen) atoms. The van der Waals surface area contributed by atoms with Crippen LogP contribution < -0.4 is 10.1 Å². The summed E-state index contributed by atoms with van der Waals surface area (Å²) in [4.78, 5) is 34.4. The third kappa shape index (κ3) is 2.43. The summed E-state index contributed by atoms with van der Waals surface area (Å²) >= 11 is 0. The molecule has 3 rings (SSSR count). The van der Waals surface area contributed by atoms with Crippen LogP contribution in [0.5, 0.6) is 5.75 Å². The van der Waals surface area contributed by atoms with Gasteiger partial charge in [0.05, 0.1) is 0 Å². The van der Waals surface area contributed by atoms with Crippen LogP contribution in [0.4, 0.5) is 0 Å². The standard InChI is InChI=1S/C15H15NO4/c17-12-3-1-2-9-8-10(4-5-11(9)12)20-13-6-7-14(18)16-15(13)19/h4-5,8,13H,1-3,6-7H2,(H,16,18,19). The first-order valence-electron chi connectivity index (χ1n) is 6.80. The van der Waals surface area contributed by atoms with E-state index in [-0.39, 0.29) is 11.7 Å². The summed E-state index contributed by atoms with van der Waals surface area (Å²) in [5, 5.41) is 2.26. The fourth-order valence-corrected chi connectivity index (χ4v) is 2.65. The number of fused-ring (bicyclic) bond motifs is 1. The minimum Gasteiger partial charge on any atom is -0.481 e. The number of amides is 2. The molecule has 0 aromatic heterocycles. The molecule has 1 aromatic rings. The Morgan fingerprint density at radius 1 is 1.10 bits per heavy atom. The van der Waals surface area contributed by atoms with E-state index in [4.69, 9.17) is 4.74 Å². The van der Waals surface area contributed by atoms with E-state index in [9.17, 15) is 14.4 Å². The molecule has 1 N–H and O–H groups in total. The number of carbonyl (C=O) groups excluding carboxylic acids is 3. The molecular weight excluding hydrogens is 258 g/mol. The molecule has 1 aromatic carbocycles. The first-order valence-corrected chi connectivity index (χ1v) is 6.80. The van der Waals surface area contributed by atoms with Crippen LogP contribution in [-0.2, 0) is 16.0 Å². The third-order valence-corrected chi connectivity index (χ3v) is 3.69. The summed E-state index contributed by atoms with van der Waals surface area (Å²) in [7, 11) is 0. The third-order valence-electron chi connectivity index (χ3n) is 3.69. The van der Waals surface area contributed by atoms with Gasteiger partial charge in [0.1, 0.15) is 5.75 Å². The lowest BCUT2D eigenvalue weighted by Crippen LogP contribution is -2.46. The molecule has 5 heteroatoms. The topological polar surface area (TPSA) is 72.5 Å². The summed E-state index contributed by atoms with van der Waals surface area (Å²) in [5.74, 6) is 0.0905. The highest BCUT2D eigenvalue weighted by Gasteiger charge is 2.28. The first-order chi connectivity index (χ1) is 9.63. The molecule has 1 saturated heterocycles. The van der Waals surface area contributed by atoms with Crippen LogP contribution >= 0.6 is 0 Å². The van der Waals surface area contributed by atoms with Crippen LogP contribution in [0.3, 0.4) is 0 Å². The zero-order valence-corrected chi connectivity index (χ0v) is 11.0. The van der Waals surface area contributed by atoms with E-state index < -0.39 is 12.0 Å². The Morgan fingerprint density at radius 2 is 1.95 bits per heavy atom. The van der Waals surface area contributed by atoms with Gasteiger partial charge in [-0.2, -0.15) is 0 Å². The minimum atomic E-state index is -0.634. The maximum Gasteiger partial charge on any atom is 0.267 e. The van der Waals surface area contributed by atoms with Gasteiger partial charge in [0, 0.05) is 24.8 Å². The Balaban J connectivity index is 1.77. The molecule has 5 nitrogen and oxygen atoms in total. The molecule has 1 unspecified atom stereocenters. The number of carbonyl (C=O) groups is 3. The number of ether oxygens (including phenoxy) is 1. The van der Waals surface area contributed by atoms with E-state index in [1.54, 1.807) is 12.1 Å². The van der Waals surface area contributed by atoms with Crippen molar-refractivity contribution in [2.75, 3.05) is 0 Å². The van der Waals surface area contributed by atoms with Crippen molar-refractivity contribution in [3.8, 4) is 5.75 Å². The maximum absolute atomic E-state index is 11.7. The Morgan fingerprint density at radius 3 is 2.75 bits per heavy atom. The summed E-state index contributed by atoms with van der Waals surface area (Å²) in [6.45, 7) is 0. The molecule has 2 amide bonds. The van der Waals surface area contributed by atoms with Crippen LogP contribution in [0.1, 0.15) is 41.6 Å². The van der Waals surface area contributed by atoms with E-state index in [2.05, 4.69) is 5.32 Å². The molecule has 1 atom stereocenters. The highest BCUT2D eigenvalue weighted by Crippen LogP contribution is 2.26. The van der Waals surface area contributed by atoms with Gasteiger partial charge in [-0.15, -0.1) is 0 Å². The molecule has 1 fully saturated rings. The predicted molar refractivity (Wildman–Crippen MR) is 70.5 cm³/mol. The van der Waals surface area contributed by atoms with Gasteiger partial charge >= 0.3 is 0 Å². The lowest BCUT2D eigenvalue weighted by molar-refractivity contribution is -0.138. The van der Waals surface area contributed by atoms with Gasteiger partial charge in [0.2, 0.25) is 5.91 Å². The summed E-state index contributed by atoms with van der Waals surface area (Å²) in [6, 6.07) is 5.31. The number of aryl methyl sites for hydroxylation is 1. The lowest BCUT2D eigenvalue weighted by atomic mass is 9.90.